The van der Waals surface area contributed by atoms with E-state index in [0.29, 0.717) is 11.4 Å². The summed E-state index contributed by atoms with van der Waals surface area (Å²) in [6.07, 6.45) is -1.44. The smallest absolute Gasteiger partial charge is 0.435 e. The third kappa shape index (κ3) is 5.40. The molecule has 0 fully saturated rings. The van der Waals surface area contributed by atoms with E-state index in [1.54, 1.807) is 6.20 Å². The van der Waals surface area contributed by atoms with Crippen molar-refractivity contribution in [3.8, 4) is 5.75 Å². The second-order valence-electron chi connectivity index (χ2n) is 7.00. The highest BCUT2D eigenvalue weighted by Crippen LogP contribution is 2.28. The maximum absolute atomic E-state index is 12.7. The van der Waals surface area contributed by atoms with Crippen molar-refractivity contribution in [2.75, 3.05) is 5.32 Å². The molecule has 2 heterocycles. The molecule has 160 valence electrons. The number of hydrogen-bond donors (Lipinski definition) is 1. The van der Waals surface area contributed by atoms with E-state index in [2.05, 4.69) is 15.5 Å². The number of nitrogens with zero attached hydrogens (tertiary/aromatic N) is 4. The summed E-state index contributed by atoms with van der Waals surface area (Å²) in [6, 6.07) is 6.81. The normalized spacial score (nSPS) is 11.5. The van der Waals surface area contributed by atoms with Crippen LogP contribution in [0.1, 0.15) is 28.9 Å². The van der Waals surface area contributed by atoms with Crippen molar-refractivity contribution in [3.63, 3.8) is 0 Å². The van der Waals surface area contributed by atoms with E-state index < -0.39 is 11.9 Å². The third-order valence-corrected chi connectivity index (χ3v) is 4.42. The second kappa shape index (κ2) is 8.60. The number of aromatic nitrogens is 4. The van der Waals surface area contributed by atoms with Crippen LogP contribution in [-0.2, 0) is 24.2 Å². The molecule has 0 spiro atoms. The van der Waals surface area contributed by atoms with Crippen molar-refractivity contribution in [2.24, 2.45) is 0 Å². The fourth-order valence-corrected chi connectivity index (χ4v) is 2.90. The topological polar surface area (TPSA) is 74.0 Å². The highest BCUT2D eigenvalue weighted by Gasteiger charge is 2.34. The Balaban J connectivity index is 1.51. The molecule has 0 saturated heterocycles. The van der Waals surface area contributed by atoms with Crippen molar-refractivity contribution < 1.29 is 22.7 Å². The average Bonchev–Trinajstić information content (AvgIpc) is 3.25. The van der Waals surface area contributed by atoms with Gasteiger partial charge in [-0.15, -0.1) is 0 Å². The van der Waals surface area contributed by atoms with E-state index in [1.165, 1.54) is 22.5 Å². The van der Waals surface area contributed by atoms with Gasteiger partial charge >= 0.3 is 6.18 Å². The highest BCUT2D eigenvalue weighted by molar-refractivity contribution is 5.90. The Hall–Kier alpha value is -3.30. The number of amides is 1. The van der Waals surface area contributed by atoms with Crippen LogP contribution in [-0.4, -0.2) is 25.5 Å². The molecule has 0 unspecified atom stereocenters. The van der Waals surface area contributed by atoms with Gasteiger partial charge in [0.05, 0.1) is 18.1 Å². The number of carbonyl (C=O) groups is 1. The summed E-state index contributed by atoms with van der Waals surface area (Å²) < 4.78 is 46.5. The van der Waals surface area contributed by atoms with E-state index in [1.807, 2.05) is 32.0 Å². The van der Waals surface area contributed by atoms with Crippen molar-refractivity contribution in [1.82, 2.24) is 19.6 Å². The zero-order chi connectivity index (χ0) is 21.9. The summed E-state index contributed by atoms with van der Waals surface area (Å²) in [6.45, 7) is 5.68. The van der Waals surface area contributed by atoms with Crippen LogP contribution in [0.5, 0.6) is 5.75 Å². The van der Waals surface area contributed by atoms with Crippen LogP contribution < -0.4 is 10.1 Å². The van der Waals surface area contributed by atoms with Gasteiger partial charge in [-0.2, -0.15) is 23.4 Å². The van der Waals surface area contributed by atoms with Gasteiger partial charge in [-0.3, -0.25) is 9.48 Å². The molecule has 1 amide bonds. The molecule has 10 heteroatoms. The molecule has 0 radical (unpaired) electrons. The maximum Gasteiger partial charge on any atom is 0.435 e. The number of rotatable bonds is 7. The van der Waals surface area contributed by atoms with Crippen LogP contribution in [0.2, 0.25) is 0 Å². The number of aryl methyl sites for hydroxylation is 4. The molecule has 0 atom stereocenters. The van der Waals surface area contributed by atoms with Gasteiger partial charge < -0.3 is 10.1 Å². The van der Waals surface area contributed by atoms with E-state index in [4.69, 9.17) is 4.74 Å². The molecular formula is C20H22F3N5O2. The van der Waals surface area contributed by atoms with E-state index in [-0.39, 0.29) is 25.6 Å². The van der Waals surface area contributed by atoms with Crippen LogP contribution in [0.25, 0.3) is 0 Å². The lowest BCUT2D eigenvalue weighted by Crippen LogP contribution is -2.16. The van der Waals surface area contributed by atoms with E-state index >= 15 is 0 Å². The van der Waals surface area contributed by atoms with Crippen LogP contribution in [0.3, 0.4) is 0 Å². The number of carbonyl (C=O) groups excluding carboxylic acids is 1. The number of ether oxygens (including phenoxy) is 1. The Kier molecular flexibility index (Phi) is 6.14. The molecule has 0 saturated carbocycles. The van der Waals surface area contributed by atoms with Crippen LogP contribution >= 0.6 is 0 Å². The van der Waals surface area contributed by atoms with Crippen molar-refractivity contribution >= 4 is 11.6 Å². The summed E-state index contributed by atoms with van der Waals surface area (Å²) >= 11 is 0. The third-order valence-electron chi connectivity index (χ3n) is 4.42. The lowest BCUT2D eigenvalue weighted by Gasteiger charge is -2.09. The van der Waals surface area contributed by atoms with Crippen molar-refractivity contribution in [1.29, 1.82) is 0 Å². The molecular weight excluding hydrogens is 399 g/mol. The first-order valence-electron chi connectivity index (χ1n) is 9.26. The molecule has 1 aromatic carbocycles. The summed E-state index contributed by atoms with van der Waals surface area (Å²) in [5.41, 5.74) is 2.00. The van der Waals surface area contributed by atoms with E-state index in [9.17, 15) is 18.0 Å². The Labute approximate surface area is 171 Å². The van der Waals surface area contributed by atoms with Gasteiger partial charge in [-0.25, -0.2) is 4.68 Å². The molecule has 30 heavy (non-hydrogen) atoms. The average molecular weight is 421 g/mol. The summed E-state index contributed by atoms with van der Waals surface area (Å²) in [7, 11) is 0. The minimum Gasteiger partial charge on any atom is -0.471 e. The largest absolute Gasteiger partial charge is 0.471 e. The Morgan fingerprint density at radius 3 is 2.63 bits per heavy atom. The fraction of sp³-hybridized carbons (Fsp3) is 0.350. The molecule has 0 bridgehead atoms. The Morgan fingerprint density at radius 2 is 1.97 bits per heavy atom. The molecule has 0 aliphatic heterocycles. The van der Waals surface area contributed by atoms with E-state index in [0.717, 1.165) is 22.9 Å². The summed E-state index contributed by atoms with van der Waals surface area (Å²) in [4.78, 5) is 12.1. The molecule has 0 aliphatic rings. The van der Waals surface area contributed by atoms with Crippen molar-refractivity contribution in [2.45, 2.75) is 46.6 Å². The minimum absolute atomic E-state index is 0.0238. The van der Waals surface area contributed by atoms with Crippen LogP contribution in [0.4, 0.5) is 18.9 Å². The highest BCUT2D eigenvalue weighted by atomic mass is 19.4. The zero-order valence-electron chi connectivity index (χ0n) is 16.8. The summed E-state index contributed by atoms with van der Waals surface area (Å²) in [5.74, 6) is 0.391. The predicted octanol–water partition coefficient (Wildman–Crippen LogP) is 4.09. The van der Waals surface area contributed by atoms with Crippen LogP contribution in [0.15, 0.2) is 36.7 Å². The number of alkyl halides is 3. The van der Waals surface area contributed by atoms with Gasteiger partial charge in [0.1, 0.15) is 5.75 Å². The number of anilines is 1. The lowest BCUT2D eigenvalue weighted by molar-refractivity contribution is -0.141. The lowest BCUT2D eigenvalue weighted by atomic mass is 10.1. The fourth-order valence-electron chi connectivity index (χ4n) is 2.90. The molecule has 1 N–H and O–H groups in total. The zero-order valence-corrected chi connectivity index (χ0v) is 16.8. The van der Waals surface area contributed by atoms with Crippen molar-refractivity contribution in [3.05, 3.63) is 59.2 Å². The molecule has 0 aliphatic carbocycles. The predicted molar refractivity (Wildman–Crippen MR) is 104 cm³/mol. The molecule has 2 aromatic heterocycles. The molecule has 3 aromatic rings. The monoisotopic (exact) mass is 421 g/mol. The van der Waals surface area contributed by atoms with Crippen LogP contribution in [0, 0.1) is 20.8 Å². The molecule has 3 rings (SSSR count). The van der Waals surface area contributed by atoms with Gasteiger partial charge in [0.2, 0.25) is 5.91 Å². The number of nitrogens with one attached hydrogen (secondary N) is 1. The first-order chi connectivity index (χ1) is 14.1. The van der Waals surface area contributed by atoms with Gasteiger partial charge in [0.15, 0.2) is 12.4 Å². The molecule has 7 nitrogen and oxygen atoms in total. The number of halogens is 3. The first kappa shape index (κ1) is 21.4. The summed E-state index contributed by atoms with van der Waals surface area (Å²) in [5, 5.41) is 10.3. The number of benzene rings is 1. The first-order valence-corrected chi connectivity index (χ1v) is 9.26. The second-order valence-corrected chi connectivity index (χ2v) is 7.00. The van der Waals surface area contributed by atoms with Gasteiger partial charge in [0.25, 0.3) is 0 Å². The standard InChI is InChI=1S/C20H22F3N5O2/c1-13-4-5-17(14(2)8-13)30-12-27-11-16(10-24-27)25-19(29)6-7-28-15(3)9-18(26-28)20(21,22)23/h4-5,8-11H,6-7,12H2,1-3H3,(H,25,29). The Bertz CT molecular complexity index is 1040. The maximum atomic E-state index is 12.7. The minimum atomic E-state index is -4.51. The van der Waals surface area contributed by atoms with Gasteiger partial charge in [-0.1, -0.05) is 17.7 Å². The quantitative estimate of drug-likeness (QED) is 0.624. The SMILES string of the molecule is Cc1ccc(OCn2cc(NC(=O)CCn3nc(C(F)(F)F)cc3C)cn2)c(C)c1. The van der Waals surface area contributed by atoms with Gasteiger partial charge in [-0.05, 0) is 38.5 Å². The number of hydrogen-bond acceptors (Lipinski definition) is 4. The van der Waals surface area contributed by atoms with Gasteiger partial charge in [0, 0.05) is 18.7 Å². The Morgan fingerprint density at radius 1 is 1.20 bits per heavy atom.